The molecule has 394 valence electrons. The molecule has 0 aliphatic carbocycles. The fourth-order valence-electron chi connectivity index (χ4n) is 5.76. The highest BCUT2D eigenvalue weighted by atomic mass is 32.2. The standard InChI is InChI=1S/C43H83N5O18S/c44-48-46-16-18-57-20-22-59-24-26-61-28-30-63-32-34-65-36-38-66-37-35-64-33-31-62-29-27-60-25-23-58-21-19-56-17-15-45-41(49)14-13-40(43(51)52)47-42(50)12-10-8-6-4-2-1-3-5-7-9-11-39-67(53,54)55/h40H,1-39H2,(H,45,49)(H,47,50)(H,51,52)(H,53,54,55)/t40-/m0/s1. The van der Waals surface area contributed by atoms with E-state index in [9.17, 15) is 27.9 Å². The highest BCUT2D eigenvalue weighted by molar-refractivity contribution is 7.85. The molecule has 0 aliphatic heterocycles. The number of amides is 2. The third-order valence-electron chi connectivity index (χ3n) is 9.29. The average molecular weight is 990 g/mol. The summed E-state index contributed by atoms with van der Waals surface area (Å²) in [6.45, 7) is 10.0. The van der Waals surface area contributed by atoms with Crippen molar-refractivity contribution in [1.29, 1.82) is 0 Å². The lowest BCUT2D eigenvalue weighted by molar-refractivity contribution is -0.142. The summed E-state index contributed by atoms with van der Waals surface area (Å²) >= 11 is 0. The van der Waals surface area contributed by atoms with Crippen LogP contribution in [0.2, 0.25) is 0 Å². The number of carboxylic acid groups (broad SMARTS) is 1. The Bertz CT molecular complexity index is 1300. The van der Waals surface area contributed by atoms with Crippen LogP contribution in [0.25, 0.3) is 10.4 Å². The van der Waals surface area contributed by atoms with Crippen molar-refractivity contribution in [2.24, 2.45) is 5.11 Å². The summed E-state index contributed by atoms with van der Waals surface area (Å²) < 4.78 is 89.9. The number of nitrogens with zero attached hydrogens (tertiary/aromatic N) is 3. The summed E-state index contributed by atoms with van der Waals surface area (Å²) in [7, 11) is -3.86. The summed E-state index contributed by atoms with van der Waals surface area (Å²) in [4.78, 5) is 38.8. The molecule has 24 heteroatoms. The number of hydrogen-bond donors (Lipinski definition) is 4. The van der Waals surface area contributed by atoms with Gasteiger partial charge in [-0.15, -0.1) is 0 Å². The first-order valence-corrected chi connectivity index (χ1v) is 25.4. The van der Waals surface area contributed by atoms with Crippen LogP contribution in [0.4, 0.5) is 0 Å². The zero-order chi connectivity index (χ0) is 49.0. The second-order valence-corrected chi connectivity index (χ2v) is 16.5. The Kier molecular flexibility index (Phi) is 48.9. The van der Waals surface area contributed by atoms with E-state index in [0.29, 0.717) is 158 Å². The Labute approximate surface area is 397 Å². The Hall–Kier alpha value is -2.81. The molecule has 0 heterocycles. The molecule has 0 saturated carbocycles. The predicted molar refractivity (Wildman–Crippen MR) is 247 cm³/mol. The van der Waals surface area contributed by atoms with Crippen LogP contribution in [0.3, 0.4) is 0 Å². The number of hydrogen-bond acceptors (Lipinski definition) is 17. The molecule has 23 nitrogen and oxygen atoms in total. The Morgan fingerprint density at radius 1 is 0.478 bits per heavy atom. The molecule has 67 heavy (non-hydrogen) atoms. The molecule has 0 saturated heterocycles. The molecule has 0 unspecified atom stereocenters. The number of unbranched alkanes of at least 4 members (excludes halogenated alkanes) is 10. The van der Waals surface area contributed by atoms with Crippen molar-refractivity contribution in [2.75, 3.05) is 164 Å². The number of carboxylic acids is 1. The smallest absolute Gasteiger partial charge is 0.326 e. The van der Waals surface area contributed by atoms with Crippen LogP contribution in [0.5, 0.6) is 0 Å². The predicted octanol–water partition coefficient (Wildman–Crippen LogP) is 3.51. The maximum absolute atomic E-state index is 12.3. The van der Waals surface area contributed by atoms with Gasteiger partial charge in [-0.2, -0.15) is 8.42 Å². The van der Waals surface area contributed by atoms with Gasteiger partial charge in [0.15, 0.2) is 0 Å². The topological polar surface area (TPSA) is 300 Å². The van der Waals surface area contributed by atoms with Gasteiger partial charge in [0.25, 0.3) is 10.1 Å². The molecule has 0 bridgehead atoms. The largest absolute Gasteiger partial charge is 0.480 e. The van der Waals surface area contributed by atoms with Crippen LogP contribution >= 0.6 is 0 Å². The first-order valence-electron chi connectivity index (χ1n) is 23.8. The second kappa shape index (κ2) is 51.1. The highest BCUT2D eigenvalue weighted by Gasteiger charge is 2.20. The van der Waals surface area contributed by atoms with E-state index >= 15 is 0 Å². The van der Waals surface area contributed by atoms with Crippen LogP contribution in [0.15, 0.2) is 5.11 Å². The third-order valence-corrected chi connectivity index (χ3v) is 10.1. The zero-order valence-electron chi connectivity index (χ0n) is 39.8. The number of rotatable bonds is 55. The van der Waals surface area contributed by atoms with Crippen LogP contribution < -0.4 is 10.6 Å². The van der Waals surface area contributed by atoms with Gasteiger partial charge in [-0.1, -0.05) is 62.9 Å². The van der Waals surface area contributed by atoms with Gasteiger partial charge >= 0.3 is 5.97 Å². The quantitative estimate of drug-likeness (QED) is 0.0223. The van der Waals surface area contributed by atoms with Crippen molar-refractivity contribution in [3.05, 3.63) is 10.4 Å². The number of ether oxygens (including phenoxy) is 11. The number of azide groups is 1. The molecule has 0 spiro atoms. The van der Waals surface area contributed by atoms with Crippen molar-refractivity contribution in [3.63, 3.8) is 0 Å². The number of nitrogens with one attached hydrogen (secondary N) is 2. The first-order chi connectivity index (χ1) is 32.7. The van der Waals surface area contributed by atoms with Gasteiger partial charge in [0.05, 0.1) is 151 Å². The van der Waals surface area contributed by atoms with Gasteiger partial charge in [0.2, 0.25) is 11.8 Å². The van der Waals surface area contributed by atoms with E-state index < -0.39 is 22.1 Å². The second-order valence-electron chi connectivity index (χ2n) is 15.0. The Morgan fingerprint density at radius 3 is 1.15 bits per heavy atom. The molecule has 2 amide bonds. The maximum atomic E-state index is 12.3. The third kappa shape index (κ3) is 54.0. The van der Waals surface area contributed by atoms with Crippen LogP contribution in [-0.4, -0.2) is 206 Å². The molecular formula is C43H83N5O18S. The van der Waals surface area contributed by atoms with Gasteiger partial charge < -0.3 is 67.8 Å². The highest BCUT2D eigenvalue weighted by Crippen LogP contribution is 2.12. The summed E-state index contributed by atoms with van der Waals surface area (Å²) in [5.74, 6) is -2.02. The minimum absolute atomic E-state index is 0.0148. The van der Waals surface area contributed by atoms with Crippen LogP contribution in [0.1, 0.15) is 89.9 Å². The molecular weight excluding hydrogens is 907 g/mol. The zero-order valence-corrected chi connectivity index (χ0v) is 40.6. The normalized spacial score (nSPS) is 12.0. The molecule has 0 aliphatic rings. The van der Waals surface area contributed by atoms with E-state index in [1.54, 1.807) is 0 Å². The van der Waals surface area contributed by atoms with E-state index in [1.807, 2.05) is 0 Å². The summed E-state index contributed by atoms with van der Waals surface area (Å²) in [5.41, 5.74) is 8.16. The van der Waals surface area contributed by atoms with Crippen LogP contribution in [-0.2, 0) is 76.6 Å². The fraction of sp³-hybridized carbons (Fsp3) is 0.930. The van der Waals surface area contributed by atoms with Crippen molar-refractivity contribution < 1.29 is 84.6 Å². The molecule has 1 atom stereocenters. The molecule has 0 aromatic rings. The number of carbonyl (C=O) groups is 3. The van der Waals surface area contributed by atoms with Gasteiger partial charge in [-0.3, -0.25) is 14.1 Å². The Balaban J connectivity index is 3.41. The van der Waals surface area contributed by atoms with Gasteiger partial charge in [-0.05, 0) is 24.8 Å². The van der Waals surface area contributed by atoms with Crippen molar-refractivity contribution in [1.82, 2.24) is 10.6 Å². The summed E-state index contributed by atoms with van der Waals surface area (Å²) in [6.07, 6.45) is 10.3. The van der Waals surface area contributed by atoms with Crippen molar-refractivity contribution in [3.8, 4) is 0 Å². The molecule has 0 aromatic heterocycles. The first kappa shape index (κ1) is 64.2. The minimum atomic E-state index is -3.86. The van der Waals surface area contributed by atoms with E-state index in [4.69, 9.17) is 62.2 Å². The summed E-state index contributed by atoms with van der Waals surface area (Å²) in [6, 6.07) is -1.14. The van der Waals surface area contributed by atoms with E-state index in [0.717, 1.165) is 57.8 Å². The molecule has 4 N–H and O–H groups in total. The monoisotopic (exact) mass is 990 g/mol. The number of carbonyl (C=O) groups excluding carboxylic acids is 2. The summed E-state index contributed by atoms with van der Waals surface area (Å²) in [5, 5.41) is 18.1. The van der Waals surface area contributed by atoms with Gasteiger partial charge in [-0.25, -0.2) is 4.79 Å². The SMILES string of the molecule is [N-]=[N+]=NCCOCCOCCOCCOCCOCCOCCOCCOCCOCCOCCOCCNC(=O)CC[C@H](NC(=O)CCCCCCCCCCCCCS(=O)(=O)O)C(=O)O. The lowest BCUT2D eigenvalue weighted by Gasteiger charge is -2.14. The molecule has 0 rings (SSSR count). The lowest BCUT2D eigenvalue weighted by atomic mass is 10.0. The van der Waals surface area contributed by atoms with Crippen LogP contribution in [0, 0.1) is 0 Å². The molecule has 0 fully saturated rings. The lowest BCUT2D eigenvalue weighted by Crippen LogP contribution is -2.41. The van der Waals surface area contributed by atoms with Crippen molar-refractivity contribution in [2.45, 2.75) is 95.9 Å². The minimum Gasteiger partial charge on any atom is -0.480 e. The Morgan fingerprint density at radius 2 is 0.806 bits per heavy atom. The van der Waals surface area contributed by atoms with E-state index in [1.165, 1.54) is 0 Å². The van der Waals surface area contributed by atoms with E-state index in [2.05, 4.69) is 20.7 Å². The van der Waals surface area contributed by atoms with Gasteiger partial charge in [0.1, 0.15) is 6.04 Å². The fourth-order valence-corrected chi connectivity index (χ4v) is 6.33. The van der Waals surface area contributed by atoms with Crippen molar-refractivity contribution >= 4 is 27.9 Å². The molecule has 0 radical (unpaired) electrons. The molecule has 0 aromatic carbocycles. The van der Waals surface area contributed by atoms with Gasteiger partial charge in [0, 0.05) is 30.8 Å². The van der Waals surface area contributed by atoms with E-state index in [-0.39, 0.29) is 50.0 Å². The maximum Gasteiger partial charge on any atom is 0.326 e. The average Bonchev–Trinajstić information content (AvgIpc) is 3.29. The number of aliphatic carboxylic acids is 1.